The van der Waals surface area contributed by atoms with E-state index in [0.29, 0.717) is 30.2 Å². The van der Waals surface area contributed by atoms with Crippen molar-refractivity contribution in [2.24, 2.45) is 10.9 Å². The van der Waals surface area contributed by atoms with Crippen LogP contribution < -0.4 is 16.9 Å². The van der Waals surface area contributed by atoms with Gasteiger partial charge in [0.25, 0.3) is 0 Å². The quantitative estimate of drug-likeness (QED) is 0.505. The topological polar surface area (TPSA) is 101 Å². The molecule has 0 radical (unpaired) electrons. The van der Waals surface area contributed by atoms with Crippen molar-refractivity contribution in [1.29, 1.82) is 0 Å². The number of hydrogen-bond donors (Lipinski definition) is 3. The summed E-state index contributed by atoms with van der Waals surface area (Å²) in [5, 5.41) is 5.19. The highest BCUT2D eigenvalue weighted by Crippen LogP contribution is 2.16. The van der Waals surface area contributed by atoms with Crippen LogP contribution in [0.15, 0.2) is 29.4 Å². The van der Waals surface area contributed by atoms with Crippen LogP contribution in [0, 0.1) is 0 Å². The van der Waals surface area contributed by atoms with E-state index in [1.54, 1.807) is 24.3 Å². The van der Waals surface area contributed by atoms with E-state index in [9.17, 15) is 4.79 Å². The van der Waals surface area contributed by atoms with Gasteiger partial charge < -0.3 is 9.47 Å². The second kappa shape index (κ2) is 5.45. The lowest BCUT2D eigenvalue weighted by atomic mass is 10.1. The van der Waals surface area contributed by atoms with E-state index < -0.39 is 5.97 Å². The number of nitrogens with zero attached hydrogens (tertiary/aromatic N) is 2. The lowest BCUT2D eigenvalue weighted by molar-refractivity contribution is 0.0270. The normalized spacial score (nSPS) is 21.6. The van der Waals surface area contributed by atoms with Gasteiger partial charge in [-0.3, -0.25) is 0 Å². The Morgan fingerprint density at radius 2 is 2.35 bits per heavy atom. The number of esters is 1. The average molecular weight is 277 g/mol. The van der Waals surface area contributed by atoms with E-state index in [0.717, 1.165) is 6.42 Å². The highest BCUT2D eigenvalue weighted by Gasteiger charge is 2.25. The van der Waals surface area contributed by atoms with Crippen LogP contribution in [-0.4, -0.2) is 36.2 Å². The molecule has 20 heavy (non-hydrogen) atoms. The van der Waals surface area contributed by atoms with E-state index in [4.69, 9.17) is 15.3 Å². The molecule has 4 N–H and O–H groups in total. The number of nitrogens with two attached hydrogens (primary N) is 1. The van der Waals surface area contributed by atoms with Crippen molar-refractivity contribution in [1.82, 2.24) is 16.2 Å². The second-order valence-electron chi connectivity index (χ2n) is 4.47. The molecule has 1 unspecified atom stereocenters. The number of rotatable bonds is 3. The fourth-order valence-electron chi connectivity index (χ4n) is 2.11. The maximum Gasteiger partial charge on any atom is 0.339 e. The first-order valence-corrected chi connectivity index (χ1v) is 6.27. The Morgan fingerprint density at radius 1 is 1.50 bits per heavy atom. The van der Waals surface area contributed by atoms with Gasteiger partial charge in [-0.05, 0) is 6.07 Å². The first-order valence-electron chi connectivity index (χ1n) is 6.27. The molecule has 1 saturated heterocycles. The Hall–Kier alpha value is -2.16. The van der Waals surface area contributed by atoms with Gasteiger partial charge in [0, 0.05) is 12.0 Å². The van der Waals surface area contributed by atoms with Gasteiger partial charge in [-0.2, -0.15) is 0 Å². The summed E-state index contributed by atoms with van der Waals surface area (Å²) in [6.45, 7) is 1.07. The van der Waals surface area contributed by atoms with Crippen molar-refractivity contribution in [3.63, 3.8) is 0 Å². The van der Waals surface area contributed by atoms with Crippen molar-refractivity contribution >= 4 is 11.8 Å². The fraction of sp³-hybridized carbons (Fsp3) is 0.333. The van der Waals surface area contributed by atoms with Crippen LogP contribution in [0.1, 0.15) is 22.3 Å². The van der Waals surface area contributed by atoms with Gasteiger partial charge >= 0.3 is 5.97 Å². The van der Waals surface area contributed by atoms with E-state index in [1.807, 2.05) is 0 Å². The Bertz CT molecular complexity index is 542. The largest absolute Gasteiger partial charge is 0.456 e. The maximum absolute atomic E-state index is 12.3. The summed E-state index contributed by atoms with van der Waals surface area (Å²) in [4.78, 5) is 12.3. The zero-order valence-electron chi connectivity index (χ0n) is 10.7. The number of hydrazine groups is 3. The number of ether oxygens (including phenoxy) is 2. The zero-order chi connectivity index (χ0) is 13.9. The molecule has 3 rings (SSSR count). The SMILES string of the molecule is NN1NNN=C1c1ccccc1C(=O)OC1CCOC1. The number of benzene rings is 1. The molecular weight excluding hydrogens is 262 g/mol. The first-order chi connectivity index (χ1) is 9.75. The molecule has 0 aliphatic carbocycles. The molecule has 8 nitrogen and oxygen atoms in total. The molecule has 106 valence electrons. The van der Waals surface area contributed by atoms with Crippen molar-refractivity contribution in [3.05, 3.63) is 35.4 Å². The predicted octanol–water partition coefficient (Wildman–Crippen LogP) is -0.508. The molecule has 1 atom stereocenters. The Labute approximate surface area is 115 Å². The summed E-state index contributed by atoms with van der Waals surface area (Å²) in [5.74, 6) is 5.71. The van der Waals surface area contributed by atoms with E-state index in [2.05, 4.69) is 16.2 Å². The number of amidine groups is 1. The van der Waals surface area contributed by atoms with Crippen molar-refractivity contribution in [3.8, 4) is 0 Å². The second-order valence-corrected chi connectivity index (χ2v) is 4.47. The summed E-state index contributed by atoms with van der Waals surface area (Å²) < 4.78 is 10.6. The summed E-state index contributed by atoms with van der Waals surface area (Å²) >= 11 is 0. The third-order valence-electron chi connectivity index (χ3n) is 3.11. The standard InChI is InChI=1S/C12H15N5O3/c13-17-11(14-15-16-17)9-3-1-2-4-10(9)12(18)20-8-5-6-19-7-8/h1-4,8,15-16H,5-7,13H2. The van der Waals surface area contributed by atoms with Gasteiger partial charge in [0.05, 0.1) is 18.8 Å². The summed E-state index contributed by atoms with van der Waals surface area (Å²) in [5.41, 5.74) is 6.13. The number of nitrogens with one attached hydrogen (secondary N) is 2. The third kappa shape index (κ3) is 2.44. The minimum atomic E-state index is -0.404. The summed E-state index contributed by atoms with van der Waals surface area (Å²) in [6.07, 6.45) is 0.535. The van der Waals surface area contributed by atoms with Crippen LogP contribution >= 0.6 is 0 Å². The van der Waals surface area contributed by atoms with Crippen LogP contribution in [0.4, 0.5) is 0 Å². The van der Waals surface area contributed by atoms with Crippen molar-refractivity contribution < 1.29 is 14.3 Å². The molecule has 0 bridgehead atoms. The van der Waals surface area contributed by atoms with Gasteiger partial charge in [-0.1, -0.05) is 18.2 Å². The molecule has 0 aromatic heterocycles. The molecule has 0 saturated carbocycles. The minimum absolute atomic E-state index is 0.189. The predicted molar refractivity (Wildman–Crippen MR) is 69.9 cm³/mol. The molecule has 2 aliphatic rings. The zero-order valence-corrected chi connectivity index (χ0v) is 10.7. The van der Waals surface area contributed by atoms with Crippen LogP contribution in [0.25, 0.3) is 0 Å². The Morgan fingerprint density at radius 3 is 3.05 bits per heavy atom. The third-order valence-corrected chi connectivity index (χ3v) is 3.11. The molecule has 8 heteroatoms. The molecule has 1 fully saturated rings. The maximum atomic E-state index is 12.3. The van der Waals surface area contributed by atoms with E-state index >= 15 is 0 Å². The monoisotopic (exact) mass is 277 g/mol. The molecule has 1 aromatic rings. The average Bonchev–Trinajstić information content (AvgIpc) is 3.10. The van der Waals surface area contributed by atoms with Gasteiger partial charge in [0.15, 0.2) is 5.84 Å². The molecular formula is C12H15N5O3. The lowest BCUT2D eigenvalue weighted by Gasteiger charge is -2.15. The number of carbonyl (C=O) groups is 1. The van der Waals surface area contributed by atoms with Crippen LogP contribution in [-0.2, 0) is 9.47 Å². The van der Waals surface area contributed by atoms with E-state index in [1.165, 1.54) is 5.12 Å². The van der Waals surface area contributed by atoms with Gasteiger partial charge in [0.1, 0.15) is 6.10 Å². The Kier molecular flexibility index (Phi) is 3.50. The van der Waals surface area contributed by atoms with Gasteiger partial charge in [0.2, 0.25) is 0 Å². The highest BCUT2D eigenvalue weighted by atomic mass is 16.6. The van der Waals surface area contributed by atoms with Gasteiger partial charge in [-0.25, -0.2) is 21.3 Å². The van der Waals surface area contributed by atoms with Gasteiger partial charge in [-0.15, -0.1) is 10.6 Å². The summed E-state index contributed by atoms with van der Waals surface area (Å²) in [7, 11) is 0. The highest BCUT2D eigenvalue weighted by molar-refractivity contribution is 6.07. The fourth-order valence-corrected chi connectivity index (χ4v) is 2.11. The molecule has 1 aromatic carbocycles. The molecule has 0 amide bonds. The van der Waals surface area contributed by atoms with Crippen molar-refractivity contribution in [2.45, 2.75) is 12.5 Å². The number of carbonyl (C=O) groups excluding carboxylic acids is 1. The molecule has 0 spiro atoms. The first kappa shape index (κ1) is 12.9. The number of hydrogen-bond acceptors (Lipinski definition) is 8. The molecule has 2 heterocycles. The number of hydrazone groups is 1. The summed E-state index contributed by atoms with van der Waals surface area (Å²) in [6, 6.07) is 7.01. The minimum Gasteiger partial charge on any atom is -0.456 e. The van der Waals surface area contributed by atoms with E-state index in [-0.39, 0.29) is 6.10 Å². The van der Waals surface area contributed by atoms with Crippen molar-refractivity contribution in [2.75, 3.05) is 13.2 Å². The van der Waals surface area contributed by atoms with Crippen LogP contribution in [0.3, 0.4) is 0 Å². The Balaban J connectivity index is 1.83. The lowest BCUT2D eigenvalue weighted by Crippen LogP contribution is -2.46. The van der Waals surface area contributed by atoms with Crippen LogP contribution in [0.5, 0.6) is 0 Å². The molecule has 2 aliphatic heterocycles. The van der Waals surface area contributed by atoms with Crippen LogP contribution in [0.2, 0.25) is 0 Å². The smallest absolute Gasteiger partial charge is 0.339 e.